The average molecular weight is 782 g/mol. The van der Waals surface area contributed by atoms with Crippen molar-refractivity contribution >= 4 is 42.3 Å². The highest BCUT2D eigenvalue weighted by molar-refractivity contribution is 7.26. The standard InChI is InChI=1S/C56H35N3S/c1-3-19-38(20-4-1)56(39-21-5-2-6-22-39)49-31-13-11-25-43(49)44-34-33-37(35-50(44)56)53-57-54(47-27-10-9-24-42(47)41-28-15-18-36-17-7-8-23-40(36)41)59-55(58-53)48-30-16-29-46-45-26-12-14-32-51(45)60-52(46)48/h1-35H. The molecule has 0 unspecified atom stereocenters. The number of thiophene rings is 1. The predicted molar refractivity (Wildman–Crippen MR) is 249 cm³/mol. The summed E-state index contributed by atoms with van der Waals surface area (Å²) in [5.74, 6) is 1.92. The van der Waals surface area contributed by atoms with E-state index in [1.807, 2.05) is 0 Å². The van der Waals surface area contributed by atoms with Gasteiger partial charge in [-0.3, -0.25) is 0 Å². The van der Waals surface area contributed by atoms with E-state index in [1.54, 1.807) is 11.3 Å². The van der Waals surface area contributed by atoms with Gasteiger partial charge in [-0.25, -0.2) is 15.0 Å². The molecule has 0 N–H and O–H groups in total. The second kappa shape index (κ2) is 13.8. The Kier molecular flexibility index (Phi) is 7.94. The van der Waals surface area contributed by atoms with Gasteiger partial charge in [-0.1, -0.05) is 194 Å². The molecule has 0 aliphatic heterocycles. The van der Waals surface area contributed by atoms with Crippen molar-refractivity contribution in [1.29, 1.82) is 0 Å². The number of hydrogen-bond acceptors (Lipinski definition) is 4. The molecule has 2 heterocycles. The quantitative estimate of drug-likeness (QED) is 0.169. The number of nitrogens with zero attached hydrogens (tertiary/aromatic N) is 3. The maximum atomic E-state index is 5.44. The molecule has 11 aromatic rings. The van der Waals surface area contributed by atoms with Gasteiger partial charge in [0.05, 0.1) is 5.41 Å². The predicted octanol–water partition coefficient (Wildman–Crippen LogP) is 14.4. The average Bonchev–Trinajstić information content (AvgIpc) is 3.86. The largest absolute Gasteiger partial charge is 0.208 e. The first-order valence-corrected chi connectivity index (χ1v) is 21.2. The first-order valence-electron chi connectivity index (χ1n) is 20.4. The maximum absolute atomic E-state index is 5.44. The van der Waals surface area contributed by atoms with Gasteiger partial charge in [0, 0.05) is 36.9 Å². The molecule has 4 heteroatoms. The molecule has 0 atom stereocenters. The molecular formula is C56H35N3S. The minimum Gasteiger partial charge on any atom is -0.208 e. The monoisotopic (exact) mass is 781 g/mol. The van der Waals surface area contributed by atoms with E-state index in [0.29, 0.717) is 17.5 Å². The van der Waals surface area contributed by atoms with Crippen LogP contribution in [0.2, 0.25) is 0 Å². The van der Waals surface area contributed by atoms with Crippen molar-refractivity contribution in [3.63, 3.8) is 0 Å². The SMILES string of the molecule is c1ccc(C2(c3ccccc3)c3ccccc3-c3ccc(-c4nc(-c5ccccc5-c5cccc6ccccc56)nc(-c5cccc6c5sc5ccccc56)n4)cc32)cc1. The van der Waals surface area contributed by atoms with Gasteiger partial charge >= 0.3 is 0 Å². The summed E-state index contributed by atoms with van der Waals surface area (Å²) in [5.41, 5.74) is 11.9. The van der Waals surface area contributed by atoms with Gasteiger partial charge in [0.15, 0.2) is 17.5 Å². The fraction of sp³-hybridized carbons (Fsp3) is 0.0179. The molecule has 0 spiro atoms. The van der Waals surface area contributed by atoms with Crippen LogP contribution in [0.1, 0.15) is 22.3 Å². The van der Waals surface area contributed by atoms with Crippen molar-refractivity contribution in [2.45, 2.75) is 5.41 Å². The molecule has 280 valence electrons. The van der Waals surface area contributed by atoms with Crippen LogP contribution >= 0.6 is 11.3 Å². The van der Waals surface area contributed by atoms with Crippen LogP contribution in [0, 0.1) is 0 Å². The normalized spacial score (nSPS) is 12.8. The van der Waals surface area contributed by atoms with Gasteiger partial charge in [0.2, 0.25) is 0 Å². The molecule has 60 heavy (non-hydrogen) atoms. The lowest BCUT2D eigenvalue weighted by Crippen LogP contribution is -2.28. The summed E-state index contributed by atoms with van der Waals surface area (Å²) in [4.78, 5) is 16.3. The van der Waals surface area contributed by atoms with Crippen molar-refractivity contribution in [3.8, 4) is 56.4 Å². The molecule has 9 aromatic carbocycles. The van der Waals surface area contributed by atoms with E-state index >= 15 is 0 Å². The zero-order valence-electron chi connectivity index (χ0n) is 32.5. The fourth-order valence-corrected chi connectivity index (χ4v) is 10.8. The third-order valence-corrected chi connectivity index (χ3v) is 13.5. The topological polar surface area (TPSA) is 38.7 Å². The van der Waals surface area contributed by atoms with Crippen LogP contribution in [0.25, 0.3) is 87.4 Å². The number of rotatable bonds is 6. The summed E-state index contributed by atoms with van der Waals surface area (Å²) in [7, 11) is 0. The Hall–Kier alpha value is -7.53. The smallest absolute Gasteiger partial charge is 0.165 e. The lowest BCUT2D eigenvalue weighted by molar-refractivity contribution is 0.768. The van der Waals surface area contributed by atoms with Crippen LogP contribution in [0.4, 0.5) is 0 Å². The molecule has 0 saturated heterocycles. The zero-order valence-corrected chi connectivity index (χ0v) is 33.3. The first-order chi connectivity index (χ1) is 29.8. The van der Waals surface area contributed by atoms with E-state index in [0.717, 1.165) is 27.8 Å². The summed E-state index contributed by atoms with van der Waals surface area (Å²) in [6.45, 7) is 0. The van der Waals surface area contributed by atoms with Crippen LogP contribution in [-0.4, -0.2) is 15.0 Å². The molecule has 0 amide bonds. The van der Waals surface area contributed by atoms with Crippen LogP contribution in [0.3, 0.4) is 0 Å². The second-order valence-corrected chi connectivity index (χ2v) is 16.5. The van der Waals surface area contributed by atoms with Gasteiger partial charge in [-0.05, 0) is 73.5 Å². The van der Waals surface area contributed by atoms with Gasteiger partial charge in [-0.15, -0.1) is 11.3 Å². The van der Waals surface area contributed by atoms with E-state index in [9.17, 15) is 0 Å². The minimum absolute atomic E-state index is 0.549. The van der Waals surface area contributed by atoms with Crippen molar-refractivity contribution in [2.75, 3.05) is 0 Å². The molecule has 0 saturated carbocycles. The first kappa shape index (κ1) is 34.5. The van der Waals surface area contributed by atoms with E-state index in [4.69, 9.17) is 15.0 Å². The van der Waals surface area contributed by atoms with Crippen molar-refractivity contribution in [2.24, 2.45) is 0 Å². The number of hydrogen-bond donors (Lipinski definition) is 0. The molecule has 0 radical (unpaired) electrons. The third-order valence-electron chi connectivity index (χ3n) is 12.2. The number of aromatic nitrogens is 3. The summed E-state index contributed by atoms with van der Waals surface area (Å²) in [5, 5.41) is 4.83. The van der Waals surface area contributed by atoms with Gasteiger partial charge < -0.3 is 0 Å². The van der Waals surface area contributed by atoms with Crippen molar-refractivity contribution in [1.82, 2.24) is 15.0 Å². The van der Waals surface area contributed by atoms with E-state index in [2.05, 4.69) is 212 Å². The summed E-state index contributed by atoms with van der Waals surface area (Å²) in [6, 6.07) is 76.3. The molecule has 0 fully saturated rings. The lowest BCUT2D eigenvalue weighted by Gasteiger charge is -2.34. The van der Waals surface area contributed by atoms with Crippen LogP contribution in [-0.2, 0) is 5.41 Å². The van der Waals surface area contributed by atoms with Gasteiger partial charge in [0.25, 0.3) is 0 Å². The highest BCUT2D eigenvalue weighted by atomic mass is 32.1. The molecule has 3 nitrogen and oxygen atoms in total. The molecule has 12 rings (SSSR count). The fourth-order valence-electron chi connectivity index (χ4n) is 9.63. The van der Waals surface area contributed by atoms with Gasteiger partial charge in [-0.2, -0.15) is 0 Å². The van der Waals surface area contributed by atoms with Crippen LogP contribution in [0.5, 0.6) is 0 Å². The molecule has 0 bridgehead atoms. The molecular weight excluding hydrogens is 747 g/mol. The minimum atomic E-state index is -0.549. The lowest BCUT2D eigenvalue weighted by atomic mass is 9.67. The Morgan fingerprint density at radius 1 is 0.333 bits per heavy atom. The van der Waals surface area contributed by atoms with E-state index in [-0.39, 0.29) is 0 Å². The highest BCUT2D eigenvalue weighted by Gasteiger charge is 2.46. The zero-order chi connectivity index (χ0) is 39.6. The van der Waals surface area contributed by atoms with Crippen LogP contribution in [0.15, 0.2) is 212 Å². The Morgan fingerprint density at radius 3 is 1.67 bits per heavy atom. The van der Waals surface area contributed by atoms with Gasteiger partial charge in [0.1, 0.15) is 0 Å². The Balaban J connectivity index is 1.13. The number of fused-ring (bicyclic) bond motifs is 7. The number of benzene rings is 9. The van der Waals surface area contributed by atoms with E-state index in [1.165, 1.54) is 64.3 Å². The van der Waals surface area contributed by atoms with E-state index < -0.39 is 5.41 Å². The summed E-state index contributed by atoms with van der Waals surface area (Å²) < 4.78 is 2.41. The summed E-state index contributed by atoms with van der Waals surface area (Å²) >= 11 is 1.79. The second-order valence-electron chi connectivity index (χ2n) is 15.4. The molecule has 1 aliphatic carbocycles. The maximum Gasteiger partial charge on any atom is 0.165 e. The third kappa shape index (κ3) is 5.24. The van der Waals surface area contributed by atoms with Crippen LogP contribution < -0.4 is 0 Å². The van der Waals surface area contributed by atoms with Crippen molar-refractivity contribution in [3.05, 3.63) is 235 Å². The Labute approximate surface area is 352 Å². The Morgan fingerprint density at radius 2 is 0.867 bits per heavy atom. The van der Waals surface area contributed by atoms with Crippen molar-refractivity contribution < 1.29 is 0 Å². The molecule has 1 aliphatic rings. The highest BCUT2D eigenvalue weighted by Crippen LogP contribution is 2.56. The summed E-state index contributed by atoms with van der Waals surface area (Å²) in [6.07, 6.45) is 0. The molecule has 2 aromatic heterocycles. The Bertz CT molecular complexity index is 3400.